The van der Waals surface area contributed by atoms with Gasteiger partial charge in [-0.05, 0) is 18.4 Å². The Labute approximate surface area is 87.7 Å². The van der Waals surface area contributed by atoms with E-state index >= 15 is 0 Å². The molecule has 2 rings (SSSR count). The lowest BCUT2D eigenvalue weighted by atomic mass is 10.2. The van der Waals surface area contributed by atoms with Crippen LogP contribution in [0.1, 0.15) is 23.7 Å². The molecule has 1 aromatic rings. The molecule has 0 spiro atoms. The van der Waals surface area contributed by atoms with Crippen LogP contribution in [0.4, 0.5) is 5.82 Å². The Morgan fingerprint density at radius 2 is 2.47 bits per heavy atom. The molecule has 0 radical (unpaired) electrons. The van der Waals surface area contributed by atoms with E-state index in [0.29, 0.717) is 11.7 Å². The third-order valence-corrected chi connectivity index (χ3v) is 2.64. The molecule has 1 fully saturated rings. The second-order valence-corrected chi connectivity index (χ2v) is 3.95. The Kier molecular flexibility index (Phi) is 2.53. The molecule has 1 aliphatic heterocycles. The van der Waals surface area contributed by atoms with Crippen LogP contribution < -0.4 is 4.90 Å². The number of hydrogen-bond acceptors (Lipinski definition) is 4. The van der Waals surface area contributed by atoms with Gasteiger partial charge < -0.3 is 10.0 Å². The largest absolute Gasteiger partial charge is 0.478 e. The number of hydrogen-bond donors (Lipinski definition) is 1. The Morgan fingerprint density at radius 3 is 3.07 bits per heavy atom. The molecule has 5 heteroatoms. The van der Waals surface area contributed by atoms with Gasteiger partial charge in [-0.15, -0.1) is 5.10 Å². The van der Waals surface area contributed by atoms with Gasteiger partial charge in [0.2, 0.25) is 0 Å². The minimum Gasteiger partial charge on any atom is -0.478 e. The smallest absolute Gasteiger partial charge is 0.337 e. The van der Waals surface area contributed by atoms with E-state index in [1.165, 1.54) is 6.20 Å². The van der Waals surface area contributed by atoms with E-state index in [4.69, 9.17) is 5.11 Å². The Bertz CT molecular complexity index is 381. The third kappa shape index (κ3) is 2.06. The van der Waals surface area contributed by atoms with Crippen LogP contribution in [0.5, 0.6) is 0 Å². The molecule has 0 amide bonds. The van der Waals surface area contributed by atoms with Gasteiger partial charge in [-0.1, -0.05) is 6.92 Å². The fraction of sp³-hybridized carbons (Fsp3) is 0.500. The zero-order chi connectivity index (χ0) is 10.8. The fourth-order valence-electron chi connectivity index (χ4n) is 1.77. The molecule has 80 valence electrons. The summed E-state index contributed by atoms with van der Waals surface area (Å²) in [6.45, 7) is 4.03. The van der Waals surface area contributed by atoms with E-state index in [-0.39, 0.29) is 5.56 Å². The van der Waals surface area contributed by atoms with E-state index in [1.54, 1.807) is 6.07 Å². The van der Waals surface area contributed by atoms with Crippen molar-refractivity contribution in [2.45, 2.75) is 13.3 Å². The summed E-state index contributed by atoms with van der Waals surface area (Å²) in [6.07, 6.45) is 2.39. The molecule has 1 unspecified atom stereocenters. The Hall–Kier alpha value is -1.65. The maximum atomic E-state index is 10.7. The van der Waals surface area contributed by atoms with E-state index in [0.717, 1.165) is 19.5 Å². The average molecular weight is 207 g/mol. The molecule has 0 saturated carbocycles. The molecule has 1 N–H and O–H groups in total. The average Bonchev–Trinajstić information content (AvgIpc) is 2.65. The van der Waals surface area contributed by atoms with Crippen molar-refractivity contribution in [3.8, 4) is 0 Å². The number of carbonyl (C=O) groups is 1. The van der Waals surface area contributed by atoms with Gasteiger partial charge in [0.25, 0.3) is 0 Å². The lowest BCUT2D eigenvalue weighted by Crippen LogP contribution is -2.21. The first-order valence-corrected chi connectivity index (χ1v) is 4.98. The normalized spacial score (nSPS) is 20.6. The minimum atomic E-state index is -0.960. The van der Waals surface area contributed by atoms with Gasteiger partial charge in [-0.25, -0.2) is 4.79 Å². The number of nitrogens with zero attached hydrogens (tertiary/aromatic N) is 3. The van der Waals surface area contributed by atoms with Crippen molar-refractivity contribution in [2.75, 3.05) is 18.0 Å². The Morgan fingerprint density at radius 1 is 1.67 bits per heavy atom. The molecule has 15 heavy (non-hydrogen) atoms. The minimum absolute atomic E-state index is 0.194. The number of aromatic nitrogens is 2. The first-order chi connectivity index (χ1) is 7.16. The van der Waals surface area contributed by atoms with Gasteiger partial charge >= 0.3 is 5.97 Å². The van der Waals surface area contributed by atoms with Crippen molar-refractivity contribution in [1.29, 1.82) is 0 Å². The topological polar surface area (TPSA) is 66.3 Å². The Balaban J connectivity index is 2.21. The van der Waals surface area contributed by atoms with Gasteiger partial charge in [0.1, 0.15) is 0 Å². The lowest BCUT2D eigenvalue weighted by molar-refractivity contribution is 0.0696. The number of aromatic carboxylic acids is 1. The van der Waals surface area contributed by atoms with Crippen molar-refractivity contribution in [1.82, 2.24) is 10.2 Å². The summed E-state index contributed by atoms with van der Waals surface area (Å²) in [5.41, 5.74) is 0.194. The van der Waals surface area contributed by atoms with Crippen LogP contribution in [-0.2, 0) is 0 Å². The van der Waals surface area contributed by atoms with E-state index < -0.39 is 5.97 Å². The SMILES string of the molecule is CC1CCN(c2cc(C(=O)O)cnn2)C1. The maximum Gasteiger partial charge on any atom is 0.337 e. The fourth-order valence-corrected chi connectivity index (χ4v) is 1.77. The van der Waals surface area contributed by atoms with Crippen molar-refractivity contribution < 1.29 is 9.90 Å². The van der Waals surface area contributed by atoms with Crippen molar-refractivity contribution >= 4 is 11.8 Å². The van der Waals surface area contributed by atoms with Crippen LogP contribution >= 0.6 is 0 Å². The third-order valence-electron chi connectivity index (χ3n) is 2.64. The summed E-state index contributed by atoms with van der Waals surface area (Å²) in [5, 5.41) is 16.5. The molecular formula is C10H13N3O2. The van der Waals surface area contributed by atoms with Crippen LogP contribution in [0.3, 0.4) is 0 Å². The molecule has 1 saturated heterocycles. The molecule has 1 aliphatic rings. The second kappa shape index (κ2) is 3.84. The lowest BCUT2D eigenvalue weighted by Gasteiger charge is -2.15. The van der Waals surface area contributed by atoms with Crippen molar-refractivity contribution in [2.24, 2.45) is 5.92 Å². The maximum absolute atomic E-state index is 10.7. The number of carboxylic acids is 1. The number of anilines is 1. The van der Waals surface area contributed by atoms with Crippen LogP contribution in [0.25, 0.3) is 0 Å². The van der Waals surface area contributed by atoms with Crippen molar-refractivity contribution in [3.05, 3.63) is 17.8 Å². The number of carboxylic acid groups (broad SMARTS) is 1. The van der Waals surface area contributed by atoms with E-state index in [1.807, 2.05) is 0 Å². The highest BCUT2D eigenvalue weighted by Gasteiger charge is 2.20. The molecule has 5 nitrogen and oxygen atoms in total. The summed E-state index contributed by atoms with van der Waals surface area (Å²) in [4.78, 5) is 12.8. The second-order valence-electron chi connectivity index (χ2n) is 3.95. The molecular weight excluding hydrogens is 194 g/mol. The first-order valence-electron chi connectivity index (χ1n) is 4.98. The zero-order valence-electron chi connectivity index (χ0n) is 8.55. The predicted molar refractivity (Wildman–Crippen MR) is 55.0 cm³/mol. The highest BCUT2D eigenvalue weighted by Crippen LogP contribution is 2.21. The molecule has 0 aromatic carbocycles. The number of rotatable bonds is 2. The van der Waals surface area contributed by atoms with Gasteiger partial charge in [0.05, 0.1) is 11.8 Å². The van der Waals surface area contributed by atoms with Gasteiger partial charge in [0, 0.05) is 13.1 Å². The highest BCUT2D eigenvalue weighted by atomic mass is 16.4. The predicted octanol–water partition coefficient (Wildman–Crippen LogP) is 1.02. The van der Waals surface area contributed by atoms with Gasteiger partial charge in [-0.3, -0.25) is 0 Å². The van der Waals surface area contributed by atoms with Crippen molar-refractivity contribution in [3.63, 3.8) is 0 Å². The molecule has 2 heterocycles. The summed E-state index contributed by atoms with van der Waals surface area (Å²) in [7, 11) is 0. The van der Waals surface area contributed by atoms with E-state index in [9.17, 15) is 4.79 Å². The zero-order valence-corrected chi connectivity index (χ0v) is 8.55. The molecule has 0 bridgehead atoms. The monoisotopic (exact) mass is 207 g/mol. The van der Waals surface area contributed by atoms with Crippen LogP contribution in [0.2, 0.25) is 0 Å². The van der Waals surface area contributed by atoms with Crippen LogP contribution in [0, 0.1) is 5.92 Å². The first kappa shape index (κ1) is 9.89. The molecule has 0 aliphatic carbocycles. The summed E-state index contributed by atoms with van der Waals surface area (Å²) in [6, 6.07) is 1.58. The quantitative estimate of drug-likeness (QED) is 0.784. The standard InChI is InChI=1S/C10H13N3O2/c1-7-2-3-13(6-7)9-4-8(10(14)15)5-11-12-9/h4-5,7H,2-3,6H2,1H3,(H,14,15). The highest BCUT2D eigenvalue weighted by molar-refractivity contribution is 5.87. The van der Waals surface area contributed by atoms with Crippen LogP contribution in [-0.4, -0.2) is 34.4 Å². The van der Waals surface area contributed by atoms with Gasteiger partial charge in [-0.2, -0.15) is 5.10 Å². The van der Waals surface area contributed by atoms with Gasteiger partial charge in [0.15, 0.2) is 5.82 Å². The summed E-state index contributed by atoms with van der Waals surface area (Å²) >= 11 is 0. The molecule has 1 atom stereocenters. The molecule has 1 aromatic heterocycles. The van der Waals surface area contributed by atoms with E-state index in [2.05, 4.69) is 22.0 Å². The van der Waals surface area contributed by atoms with Crippen LogP contribution in [0.15, 0.2) is 12.3 Å². The summed E-state index contributed by atoms with van der Waals surface area (Å²) < 4.78 is 0. The summed E-state index contributed by atoms with van der Waals surface area (Å²) in [5.74, 6) is 0.345.